The number of nitrogens with zero attached hydrogens (tertiary/aromatic N) is 3. The SMILES string of the molecule is CC.CC1CN(c2ccc(Cl)c(Cl)c2)N=C1NC(=O)CCCNC(=O)COCCOCCN(C)CCOCCNI. The summed E-state index contributed by atoms with van der Waals surface area (Å²) in [6, 6.07) is 5.30. The maximum atomic E-state index is 12.3. The fourth-order valence-corrected chi connectivity index (χ4v) is 3.97. The maximum absolute atomic E-state index is 12.3. The van der Waals surface area contributed by atoms with Crippen molar-refractivity contribution in [2.24, 2.45) is 11.0 Å². The number of amidine groups is 1. The summed E-state index contributed by atoms with van der Waals surface area (Å²) in [6.07, 6.45) is 0.774. The summed E-state index contributed by atoms with van der Waals surface area (Å²) in [7, 11) is 2.02. The van der Waals surface area contributed by atoms with E-state index in [4.69, 9.17) is 37.4 Å². The van der Waals surface area contributed by atoms with Gasteiger partial charge in [-0.15, -0.1) is 0 Å². The summed E-state index contributed by atoms with van der Waals surface area (Å²) in [5.74, 6) is 0.286. The first-order chi connectivity index (χ1) is 19.8. The van der Waals surface area contributed by atoms with Crippen LogP contribution in [0.4, 0.5) is 5.69 Å². The highest BCUT2D eigenvalue weighted by Gasteiger charge is 2.25. The number of hydrogen-bond donors (Lipinski definition) is 3. The Bertz CT molecular complexity index is 930. The molecule has 1 aromatic rings. The van der Waals surface area contributed by atoms with Crippen LogP contribution < -0.4 is 19.2 Å². The number of ether oxygens (including phenoxy) is 3. The molecule has 3 N–H and O–H groups in total. The number of hydrogen-bond acceptors (Lipinski definition) is 9. The molecule has 0 fully saturated rings. The van der Waals surface area contributed by atoms with Crippen molar-refractivity contribution >= 4 is 69.4 Å². The van der Waals surface area contributed by atoms with Crippen molar-refractivity contribution in [3.63, 3.8) is 0 Å². The molecule has 0 saturated carbocycles. The number of anilines is 1. The molecule has 1 unspecified atom stereocenters. The van der Waals surface area contributed by atoms with Gasteiger partial charge in [0.2, 0.25) is 11.8 Å². The van der Waals surface area contributed by atoms with Crippen LogP contribution in [-0.4, -0.2) is 102 Å². The first kappa shape index (κ1) is 37.8. The Labute approximate surface area is 268 Å². The number of amides is 2. The second-order valence-corrected chi connectivity index (χ2v) is 10.6. The normalized spacial score (nSPS) is 14.5. The third-order valence-electron chi connectivity index (χ3n) is 5.69. The number of halogens is 3. The molecule has 234 valence electrons. The van der Waals surface area contributed by atoms with Crippen molar-refractivity contribution in [1.29, 1.82) is 0 Å². The van der Waals surface area contributed by atoms with E-state index >= 15 is 0 Å². The summed E-state index contributed by atoms with van der Waals surface area (Å²) in [5.41, 5.74) is 0.807. The standard InChI is InChI=1S/C25H39Cl2IN6O5.C2H6/c1-19-17-34(20-5-6-21(26)22(27)16-20)32-25(19)31-23(35)4-3-7-29-24(36)18-39-15-14-38-13-10-33(2)9-12-37-11-8-30-28;1-2/h5-6,16,19,30H,3-4,7-15,17-18H2,1-2H3,(H,29,36)(H,31,32,35);1-2H3. The third-order valence-corrected chi connectivity index (χ3v) is 6.97. The van der Waals surface area contributed by atoms with E-state index in [9.17, 15) is 9.59 Å². The average molecular weight is 732 g/mol. The van der Waals surface area contributed by atoms with Gasteiger partial charge in [-0.3, -0.25) is 18.1 Å². The van der Waals surface area contributed by atoms with Crippen LogP contribution in [0.1, 0.15) is 33.6 Å². The predicted molar refractivity (Wildman–Crippen MR) is 174 cm³/mol. The van der Waals surface area contributed by atoms with Crippen molar-refractivity contribution in [2.75, 3.05) is 84.4 Å². The van der Waals surface area contributed by atoms with Crippen LogP contribution in [0.5, 0.6) is 0 Å². The van der Waals surface area contributed by atoms with Crippen LogP contribution in [0.25, 0.3) is 0 Å². The van der Waals surface area contributed by atoms with Gasteiger partial charge in [-0.2, -0.15) is 5.10 Å². The Morgan fingerprint density at radius 2 is 1.71 bits per heavy atom. The number of nitrogens with one attached hydrogen (secondary N) is 3. The molecule has 1 heterocycles. The Balaban J connectivity index is 0.00000411. The topological polar surface area (TPSA) is 117 Å². The second-order valence-electron chi connectivity index (χ2n) is 9.03. The number of carbonyl (C=O) groups is 2. The van der Waals surface area contributed by atoms with Gasteiger partial charge in [-0.05, 0) is 31.7 Å². The van der Waals surface area contributed by atoms with Crippen LogP contribution >= 0.6 is 46.1 Å². The van der Waals surface area contributed by atoms with Gasteiger partial charge in [0.05, 0.1) is 55.3 Å². The predicted octanol–water partition coefficient (Wildman–Crippen LogP) is 3.72. The highest BCUT2D eigenvalue weighted by Crippen LogP contribution is 2.29. The molecule has 1 aliphatic heterocycles. The van der Waals surface area contributed by atoms with Crippen molar-refractivity contribution in [3.05, 3.63) is 28.2 Å². The van der Waals surface area contributed by atoms with Crippen LogP contribution in [0.3, 0.4) is 0 Å². The van der Waals surface area contributed by atoms with Crippen molar-refractivity contribution in [1.82, 2.24) is 19.1 Å². The van der Waals surface area contributed by atoms with Gasteiger partial charge in [-0.1, -0.05) is 44.0 Å². The number of hydrazone groups is 1. The van der Waals surface area contributed by atoms with Crippen molar-refractivity contribution in [3.8, 4) is 0 Å². The zero-order chi connectivity index (χ0) is 30.5. The van der Waals surface area contributed by atoms with Crippen LogP contribution in [0, 0.1) is 5.92 Å². The fourth-order valence-electron chi connectivity index (χ4n) is 3.46. The lowest BCUT2D eigenvalue weighted by Crippen LogP contribution is -2.34. The highest BCUT2D eigenvalue weighted by molar-refractivity contribution is 14.1. The Morgan fingerprint density at radius 1 is 1.02 bits per heavy atom. The zero-order valence-electron chi connectivity index (χ0n) is 24.5. The first-order valence-electron chi connectivity index (χ1n) is 13.9. The second kappa shape index (κ2) is 23.2. The molecule has 0 spiro atoms. The largest absolute Gasteiger partial charge is 0.379 e. The van der Waals surface area contributed by atoms with Gasteiger partial charge < -0.3 is 29.7 Å². The summed E-state index contributed by atoms with van der Waals surface area (Å²) in [4.78, 5) is 26.4. The molecule has 0 aromatic heterocycles. The molecule has 41 heavy (non-hydrogen) atoms. The van der Waals surface area contributed by atoms with E-state index in [0.717, 1.165) is 25.3 Å². The number of benzene rings is 1. The molecule has 11 nitrogen and oxygen atoms in total. The van der Waals surface area contributed by atoms with E-state index in [1.807, 2.05) is 33.9 Å². The Hall–Kier alpha value is -1.26. The van der Waals surface area contributed by atoms with E-state index in [2.05, 4.69) is 47.0 Å². The van der Waals surface area contributed by atoms with E-state index in [1.54, 1.807) is 17.1 Å². The lowest BCUT2D eigenvalue weighted by atomic mass is 10.1. The highest BCUT2D eigenvalue weighted by atomic mass is 127. The molecule has 2 rings (SSSR count). The summed E-state index contributed by atoms with van der Waals surface area (Å²) < 4.78 is 19.4. The quantitative estimate of drug-likeness (QED) is 0.112. The monoisotopic (exact) mass is 730 g/mol. The molecule has 0 bridgehead atoms. The lowest BCUT2D eigenvalue weighted by Gasteiger charge is -2.16. The molecule has 0 radical (unpaired) electrons. The van der Waals surface area contributed by atoms with Gasteiger partial charge in [0.15, 0.2) is 0 Å². The molecular formula is C27H45Cl2IN6O5. The fraction of sp³-hybridized carbons (Fsp3) is 0.667. The Kier molecular flexibility index (Phi) is 21.4. The van der Waals surface area contributed by atoms with Crippen molar-refractivity contribution < 1.29 is 23.8 Å². The van der Waals surface area contributed by atoms with E-state index in [0.29, 0.717) is 68.4 Å². The third kappa shape index (κ3) is 16.8. The molecule has 14 heteroatoms. The van der Waals surface area contributed by atoms with Gasteiger partial charge in [-0.25, -0.2) is 0 Å². The molecule has 1 atom stereocenters. The molecule has 2 amide bonds. The summed E-state index contributed by atoms with van der Waals surface area (Å²) in [6.45, 7) is 12.2. The number of carbonyl (C=O) groups excluding carboxylic acids is 2. The number of likely N-dealkylation sites (N-methyl/N-ethyl adjacent to an activating group) is 1. The first-order valence-corrected chi connectivity index (χ1v) is 15.8. The molecular weight excluding hydrogens is 686 g/mol. The van der Waals surface area contributed by atoms with Gasteiger partial charge in [0.25, 0.3) is 0 Å². The van der Waals surface area contributed by atoms with Gasteiger partial charge in [0, 0.05) is 61.4 Å². The maximum Gasteiger partial charge on any atom is 0.245 e. The molecule has 0 saturated heterocycles. The van der Waals surface area contributed by atoms with E-state index in [1.165, 1.54) is 0 Å². The zero-order valence-corrected chi connectivity index (χ0v) is 28.2. The minimum Gasteiger partial charge on any atom is -0.379 e. The number of rotatable bonds is 19. The lowest BCUT2D eigenvalue weighted by molar-refractivity contribution is -0.126. The molecule has 0 aliphatic carbocycles. The smallest absolute Gasteiger partial charge is 0.245 e. The minimum absolute atomic E-state index is 0.0439. The van der Waals surface area contributed by atoms with Crippen LogP contribution in [0.2, 0.25) is 10.0 Å². The van der Waals surface area contributed by atoms with E-state index < -0.39 is 0 Å². The van der Waals surface area contributed by atoms with Gasteiger partial charge >= 0.3 is 0 Å². The minimum atomic E-state index is -0.223. The molecule has 1 aliphatic rings. The van der Waals surface area contributed by atoms with E-state index in [-0.39, 0.29) is 30.8 Å². The van der Waals surface area contributed by atoms with Crippen molar-refractivity contribution in [2.45, 2.75) is 33.6 Å². The van der Waals surface area contributed by atoms with Crippen LogP contribution in [-0.2, 0) is 23.8 Å². The van der Waals surface area contributed by atoms with Crippen LogP contribution in [0.15, 0.2) is 23.3 Å². The summed E-state index contributed by atoms with van der Waals surface area (Å²) in [5, 5.41) is 12.9. The Morgan fingerprint density at radius 3 is 2.39 bits per heavy atom. The molecule has 1 aromatic carbocycles. The summed E-state index contributed by atoms with van der Waals surface area (Å²) >= 11 is 14.2. The average Bonchev–Trinajstić information content (AvgIpc) is 3.32. The van der Waals surface area contributed by atoms with Gasteiger partial charge in [0.1, 0.15) is 12.4 Å².